The van der Waals surface area contributed by atoms with Gasteiger partial charge in [-0.1, -0.05) is 54.1 Å². The average Bonchev–Trinajstić information content (AvgIpc) is 2.80. The summed E-state index contributed by atoms with van der Waals surface area (Å²) in [4.78, 5) is 8.72. The lowest BCUT2D eigenvalue weighted by Gasteiger charge is -2.12. The average molecular weight is 429 g/mol. The highest BCUT2D eigenvalue weighted by molar-refractivity contribution is 6.31. The normalized spacial score (nSPS) is 11.0. The Balaban J connectivity index is 1.43. The Labute approximate surface area is 183 Å². The van der Waals surface area contributed by atoms with Crippen LogP contribution in [0.15, 0.2) is 85.2 Å². The molecular weight excluding hydrogens is 411 g/mol. The predicted octanol–water partition coefficient (Wildman–Crippen LogP) is 6.93. The number of anilines is 3. The van der Waals surface area contributed by atoms with Crippen LogP contribution in [-0.4, -0.2) is 9.97 Å². The van der Waals surface area contributed by atoms with Gasteiger partial charge in [-0.2, -0.15) is 0 Å². The Bertz CT molecular complexity index is 1400. The van der Waals surface area contributed by atoms with Crippen molar-refractivity contribution in [3.63, 3.8) is 0 Å². The number of nitrogens with zero attached hydrogens (tertiary/aromatic N) is 2. The summed E-state index contributed by atoms with van der Waals surface area (Å²) in [6.45, 7) is 0.691. The molecule has 0 saturated carbocycles. The molecular formula is C25H18ClFN4. The third kappa shape index (κ3) is 4.00. The summed E-state index contributed by atoms with van der Waals surface area (Å²) in [5.74, 6) is 0.168. The molecule has 152 valence electrons. The Morgan fingerprint density at radius 3 is 2.55 bits per heavy atom. The molecule has 0 saturated heterocycles. The summed E-state index contributed by atoms with van der Waals surface area (Å²) in [6.07, 6.45) is 1.50. The summed E-state index contributed by atoms with van der Waals surface area (Å²) < 4.78 is 13.5. The van der Waals surface area contributed by atoms with Gasteiger partial charge in [-0.3, -0.25) is 0 Å². The van der Waals surface area contributed by atoms with E-state index in [1.54, 1.807) is 6.07 Å². The number of fused-ring (bicyclic) bond motifs is 2. The smallest absolute Gasteiger partial charge is 0.141 e. The van der Waals surface area contributed by atoms with E-state index in [1.165, 1.54) is 34.8 Å². The van der Waals surface area contributed by atoms with E-state index in [0.717, 1.165) is 16.6 Å². The fraction of sp³-hybridized carbons (Fsp3) is 0.0400. The van der Waals surface area contributed by atoms with E-state index in [9.17, 15) is 4.39 Å². The second kappa shape index (κ2) is 8.20. The van der Waals surface area contributed by atoms with E-state index >= 15 is 0 Å². The molecule has 0 spiro atoms. The highest BCUT2D eigenvalue weighted by atomic mass is 35.5. The van der Waals surface area contributed by atoms with E-state index in [0.29, 0.717) is 18.1 Å². The number of aromatic nitrogens is 2. The molecule has 5 aromatic rings. The number of nitrogens with one attached hydrogen (secondary N) is 2. The van der Waals surface area contributed by atoms with Gasteiger partial charge in [0, 0.05) is 23.3 Å². The number of halogens is 2. The molecule has 0 aliphatic rings. The third-order valence-electron chi connectivity index (χ3n) is 5.18. The van der Waals surface area contributed by atoms with Crippen LogP contribution < -0.4 is 10.6 Å². The second-order valence-electron chi connectivity index (χ2n) is 7.20. The minimum absolute atomic E-state index is 0.0563. The fourth-order valence-corrected chi connectivity index (χ4v) is 3.80. The van der Waals surface area contributed by atoms with Crippen molar-refractivity contribution in [3.8, 4) is 0 Å². The zero-order valence-electron chi connectivity index (χ0n) is 16.4. The molecule has 1 heterocycles. The van der Waals surface area contributed by atoms with E-state index in [-0.39, 0.29) is 5.02 Å². The Hall–Kier alpha value is -3.70. The largest absolute Gasteiger partial charge is 0.381 e. The van der Waals surface area contributed by atoms with Gasteiger partial charge in [-0.05, 0) is 52.7 Å². The van der Waals surface area contributed by atoms with Crippen LogP contribution in [0.1, 0.15) is 5.56 Å². The van der Waals surface area contributed by atoms with Gasteiger partial charge in [-0.25, -0.2) is 14.4 Å². The molecule has 1 aromatic heterocycles. The van der Waals surface area contributed by atoms with Crippen LogP contribution in [0.4, 0.5) is 21.6 Å². The summed E-state index contributed by atoms with van der Waals surface area (Å²) >= 11 is 5.91. The van der Waals surface area contributed by atoms with Gasteiger partial charge >= 0.3 is 0 Å². The molecule has 0 aliphatic carbocycles. The van der Waals surface area contributed by atoms with E-state index in [1.807, 2.05) is 24.3 Å². The maximum Gasteiger partial charge on any atom is 0.141 e. The van der Waals surface area contributed by atoms with Crippen molar-refractivity contribution in [3.05, 3.63) is 102 Å². The number of hydrogen-bond acceptors (Lipinski definition) is 4. The van der Waals surface area contributed by atoms with Crippen molar-refractivity contribution in [2.45, 2.75) is 6.54 Å². The number of hydrogen-bond donors (Lipinski definition) is 2. The number of rotatable bonds is 5. The van der Waals surface area contributed by atoms with E-state index < -0.39 is 5.82 Å². The van der Waals surface area contributed by atoms with Crippen molar-refractivity contribution >= 4 is 50.5 Å². The monoisotopic (exact) mass is 428 g/mol. The molecule has 6 heteroatoms. The van der Waals surface area contributed by atoms with Crippen LogP contribution in [0, 0.1) is 5.82 Å². The highest BCUT2D eigenvalue weighted by Gasteiger charge is 2.08. The standard InChI is InChI=1S/C25H18ClFN4/c26-22-13-19(8-10-23(22)27)31-25-21-12-18(9-11-24(21)29-15-30-25)28-14-17-6-3-5-16-4-1-2-7-20(16)17/h1-13,15,28H,14H2,(H,29,30,31). The maximum atomic E-state index is 13.5. The van der Waals surface area contributed by atoms with Crippen LogP contribution in [0.3, 0.4) is 0 Å². The van der Waals surface area contributed by atoms with Gasteiger partial charge in [0.05, 0.1) is 10.5 Å². The third-order valence-corrected chi connectivity index (χ3v) is 5.47. The minimum atomic E-state index is -0.459. The topological polar surface area (TPSA) is 49.8 Å². The molecule has 0 bridgehead atoms. The molecule has 0 fully saturated rings. The first-order chi connectivity index (χ1) is 15.2. The minimum Gasteiger partial charge on any atom is -0.381 e. The van der Waals surface area contributed by atoms with E-state index in [2.05, 4.69) is 57.0 Å². The molecule has 2 N–H and O–H groups in total. The van der Waals surface area contributed by atoms with Crippen LogP contribution in [0.25, 0.3) is 21.7 Å². The van der Waals surface area contributed by atoms with Gasteiger partial charge < -0.3 is 10.6 Å². The maximum absolute atomic E-state index is 13.5. The Morgan fingerprint density at radius 1 is 0.806 bits per heavy atom. The first kappa shape index (κ1) is 19.3. The quantitative estimate of drug-likeness (QED) is 0.318. The lowest BCUT2D eigenvalue weighted by Crippen LogP contribution is -2.01. The van der Waals surface area contributed by atoms with Crippen molar-refractivity contribution in [2.75, 3.05) is 10.6 Å². The van der Waals surface area contributed by atoms with Crippen LogP contribution in [0.5, 0.6) is 0 Å². The summed E-state index contributed by atoms with van der Waals surface area (Å²) in [5.41, 5.74) is 3.64. The van der Waals surface area contributed by atoms with Crippen LogP contribution in [0.2, 0.25) is 5.02 Å². The van der Waals surface area contributed by atoms with Gasteiger partial charge in [0.2, 0.25) is 0 Å². The van der Waals surface area contributed by atoms with Gasteiger partial charge in [0.15, 0.2) is 0 Å². The molecule has 0 unspecified atom stereocenters. The molecule has 0 amide bonds. The predicted molar refractivity (Wildman–Crippen MR) is 126 cm³/mol. The number of benzene rings is 4. The molecule has 0 atom stereocenters. The van der Waals surface area contributed by atoms with Gasteiger partial charge in [-0.15, -0.1) is 0 Å². The second-order valence-corrected chi connectivity index (χ2v) is 7.61. The molecule has 5 rings (SSSR count). The molecule has 0 aliphatic heterocycles. The van der Waals surface area contributed by atoms with Gasteiger partial charge in [0.25, 0.3) is 0 Å². The summed E-state index contributed by atoms with van der Waals surface area (Å²) in [7, 11) is 0. The SMILES string of the molecule is Fc1ccc(Nc2ncnc3ccc(NCc4cccc5ccccc45)cc23)cc1Cl. The van der Waals surface area contributed by atoms with E-state index in [4.69, 9.17) is 11.6 Å². The van der Waals surface area contributed by atoms with Crippen molar-refractivity contribution in [2.24, 2.45) is 0 Å². The Kier molecular flexibility index (Phi) is 5.10. The Morgan fingerprint density at radius 2 is 1.65 bits per heavy atom. The van der Waals surface area contributed by atoms with Gasteiger partial charge in [0.1, 0.15) is 18.0 Å². The molecule has 4 nitrogen and oxygen atoms in total. The lowest BCUT2D eigenvalue weighted by atomic mass is 10.0. The van der Waals surface area contributed by atoms with Crippen LogP contribution in [-0.2, 0) is 6.54 Å². The zero-order chi connectivity index (χ0) is 21.2. The first-order valence-corrected chi connectivity index (χ1v) is 10.2. The lowest BCUT2D eigenvalue weighted by molar-refractivity contribution is 0.628. The summed E-state index contributed by atoms with van der Waals surface area (Å²) in [6, 6.07) is 25.1. The van der Waals surface area contributed by atoms with Crippen molar-refractivity contribution in [1.29, 1.82) is 0 Å². The van der Waals surface area contributed by atoms with Crippen LogP contribution >= 0.6 is 11.6 Å². The zero-order valence-corrected chi connectivity index (χ0v) is 17.2. The first-order valence-electron chi connectivity index (χ1n) is 9.85. The fourth-order valence-electron chi connectivity index (χ4n) is 3.62. The molecule has 31 heavy (non-hydrogen) atoms. The summed E-state index contributed by atoms with van der Waals surface area (Å²) in [5, 5.41) is 10.1. The molecule has 4 aromatic carbocycles. The van der Waals surface area contributed by atoms with Crippen molar-refractivity contribution < 1.29 is 4.39 Å². The highest BCUT2D eigenvalue weighted by Crippen LogP contribution is 2.28. The van der Waals surface area contributed by atoms with Crippen molar-refractivity contribution in [1.82, 2.24) is 9.97 Å². The molecule has 0 radical (unpaired) electrons.